The molecule has 0 unspecified atom stereocenters. The Bertz CT molecular complexity index is 676. The topological polar surface area (TPSA) is 26.3 Å². The van der Waals surface area contributed by atoms with Gasteiger partial charge in [-0.05, 0) is 32.6 Å². The van der Waals surface area contributed by atoms with E-state index < -0.39 is 7.14 Å². The van der Waals surface area contributed by atoms with Crippen molar-refractivity contribution in [2.45, 2.75) is 32.6 Å². The van der Waals surface area contributed by atoms with Gasteiger partial charge >= 0.3 is 0 Å². The first kappa shape index (κ1) is 16.1. The number of hydrogen-bond donors (Lipinski definition) is 0. The third kappa shape index (κ3) is 3.28. The summed E-state index contributed by atoms with van der Waals surface area (Å²) < 4.78 is 20.2. The molecular formula is C20H23O2P. The van der Waals surface area contributed by atoms with Gasteiger partial charge in [0.2, 0.25) is 0 Å². The van der Waals surface area contributed by atoms with Crippen LogP contribution in [0.4, 0.5) is 0 Å². The molecule has 23 heavy (non-hydrogen) atoms. The summed E-state index contributed by atoms with van der Waals surface area (Å²) in [4.78, 5) is 0. The summed E-state index contributed by atoms with van der Waals surface area (Å²) in [5.74, 6) is 0.848. The molecule has 2 aromatic rings. The van der Waals surface area contributed by atoms with Gasteiger partial charge in [0.1, 0.15) is 5.76 Å². The summed E-state index contributed by atoms with van der Waals surface area (Å²) in [6, 6.07) is 19.7. The second kappa shape index (κ2) is 7.19. The normalized spacial score (nSPS) is 19.5. The van der Waals surface area contributed by atoms with E-state index in [0.717, 1.165) is 54.0 Å². The molecule has 2 nitrogen and oxygen atoms in total. The van der Waals surface area contributed by atoms with Crippen LogP contribution in [0.5, 0.6) is 0 Å². The van der Waals surface area contributed by atoms with Gasteiger partial charge in [0, 0.05) is 15.9 Å². The van der Waals surface area contributed by atoms with Crippen LogP contribution in [0.25, 0.3) is 0 Å². The molecule has 1 aliphatic heterocycles. The average molecular weight is 326 g/mol. The molecule has 0 aliphatic carbocycles. The molecule has 0 amide bonds. The minimum atomic E-state index is -2.85. The molecule has 0 radical (unpaired) electrons. The maximum atomic E-state index is 14.3. The number of allylic oxidation sites excluding steroid dienone is 2. The summed E-state index contributed by atoms with van der Waals surface area (Å²) in [5, 5.41) is 2.77. The second-order valence-corrected chi connectivity index (χ2v) is 8.73. The van der Waals surface area contributed by atoms with E-state index in [1.54, 1.807) is 0 Å². The number of hydrogen-bond acceptors (Lipinski definition) is 2. The Labute approximate surface area is 138 Å². The maximum Gasteiger partial charge on any atom is 0.170 e. The summed E-state index contributed by atoms with van der Waals surface area (Å²) in [7, 11) is -2.85. The van der Waals surface area contributed by atoms with Crippen molar-refractivity contribution in [2.75, 3.05) is 6.61 Å². The third-order valence-electron chi connectivity index (χ3n) is 4.40. The van der Waals surface area contributed by atoms with Crippen LogP contribution in [0.2, 0.25) is 0 Å². The van der Waals surface area contributed by atoms with E-state index in [4.69, 9.17) is 4.74 Å². The summed E-state index contributed by atoms with van der Waals surface area (Å²) in [6.07, 6.45) is 4.11. The molecule has 1 heterocycles. The van der Waals surface area contributed by atoms with Crippen molar-refractivity contribution in [1.82, 2.24) is 0 Å². The maximum absolute atomic E-state index is 14.3. The van der Waals surface area contributed by atoms with E-state index in [9.17, 15) is 4.57 Å². The largest absolute Gasteiger partial charge is 0.498 e. The van der Waals surface area contributed by atoms with Crippen molar-refractivity contribution in [3.8, 4) is 0 Å². The zero-order chi connectivity index (χ0) is 16.1. The zero-order valence-corrected chi connectivity index (χ0v) is 14.5. The molecule has 0 bridgehead atoms. The van der Waals surface area contributed by atoms with Gasteiger partial charge < -0.3 is 9.30 Å². The molecule has 0 atom stereocenters. The van der Waals surface area contributed by atoms with E-state index in [-0.39, 0.29) is 0 Å². The Morgan fingerprint density at radius 3 is 1.96 bits per heavy atom. The first-order valence-electron chi connectivity index (χ1n) is 8.27. The fourth-order valence-electron chi connectivity index (χ4n) is 3.17. The fraction of sp³-hybridized carbons (Fsp3) is 0.300. The first-order valence-corrected chi connectivity index (χ1v) is 9.98. The van der Waals surface area contributed by atoms with Gasteiger partial charge in [-0.3, -0.25) is 0 Å². The SMILES string of the molecule is C/C1=C(\P(=O)(c2ccccc2)c2ccccc2)CCCCCO1. The predicted molar refractivity (Wildman–Crippen MR) is 96.9 cm³/mol. The van der Waals surface area contributed by atoms with Gasteiger partial charge in [-0.25, -0.2) is 0 Å². The molecule has 0 N–H and O–H groups in total. The lowest BCUT2D eigenvalue weighted by Gasteiger charge is -2.26. The fourth-order valence-corrected chi connectivity index (χ4v) is 6.26. The van der Waals surface area contributed by atoms with Crippen molar-refractivity contribution in [3.05, 3.63) is 71.7 Å². The molecule has 2 aromatic carbocycles. The Hall–Kier alpha value is -1.79. The lowest BCUT2D eigenvalue weighted by atomic mass is 10.1. The molecule has 0 fully saturated rings. The monoisotopic (exact) mass is 326 g/mol. The minimum Gasteiger partial charge on any atom is -0.498 e. The van der Waals surface area contributed by atoms with Crippen LogP contribution >= 0.6 is 7.14 Å². The van der Waals surface area contributed by atoms with Gasteiger partial charge in [-0.2, -0.15) is 0 Å². The van der Waals surface area contributed by atoms with E-state index in [1.807, 2.05) is 67.6 Å². The van der Waals surface area contributed by atoms with Crippen LogP contribution in [-0.4, -0.2) is 6.61 Å². The second-order valence-electron chi connectivity index (χ2n) is 5.94. The smallest absolute Gasteiger partial charge is 0.170 e. The Morgan fingerprint density at radius 1 is 0.826 bits per heavy atom. The van der Waals surface area contributed by atoms with Crippen molar-refractivity contribution >= 4 is 17.8 Å². The molecule has 0 spiro atoms. The van der Waals surface area contributed by atoms with Crippen molar-refractivity contribution in [1.29, 1.82) is 0 Å². The Morgan fingerprint density at radius 2 is 1.39 bits per heavy atom. The summed E-state index contributed by atoms with van der Waals surface area (Å²) in [6.45, 7) is 2.69. The Kier molecular flexibility index (Phi) is 5.03. The Balaban J connectivity index is 2.20. The van der Waals surface area contributed by atoms with Crippen molar-refractivity contribution < 1.29 is 9.30 Å². The zero-order valence-electron chi connectivity index (χ0n) is 13.6. The van der Waals surface area contributed by atoms with Crippen LogP contribution in [0, 0.1) is 0 Å². The molecule has 0 saturated carbocycles. The lowest BCUT2D eigenvalue weighted by molar-refractivity contribution is 0.199. The van der Waals surface area contributed by atoms with Gasteiger partial charge in [0.15, 0.2) is 7.14 Å². The van der Waals surface area contributed by atoms with Crippen LogP contribution in [-0.2, 0) is 9.30 Å². The van der Waals surface area contributed by atoms with E-state index in [1.165, 1.54) is 0 Å². The minimum absolute atomic E-state index is 0.721. The molecule has 3 heteroatoms. The van der Waals surface area contributed by atoms with E-state index in [2.05, 4.69) is 0 Å². The lowest BCUT2D eigenvalue weighted by Crippen LogP contribution is -2.19. The number of rotatable bonds is 3. The summed E-state index contributed by atoms with van der Waals surface area (Å²) in [5.41, 5.74) is 0. The molecule has 0 saturated heterocycles. The first-order chi connectivity index (χ1) is 11.2. The quantitative estimate of drug-likeness (QED) is 0.756. The molecule has 1 aliphatic rings. The highest BCUT2D eigenvalue weighted by Crippen LogP contribution is 2.55. The van der Waals surface area contributed by atoms with Crippen LogP contribution < -0.4 is 10.6 Å². The number of benzene rings is 2. The van der Waals surface area contributed by atoms with Gasteiger partial charge in [-0.15, -0.1) is 0 Å². The molecule has 120 valence electrons. The van der Waals surface area contributed by atoms with Crippen molar-refractivity contribution in [3.63, 3.8) is 0 Å². The molecule has 3 rings (SSSR count). The number of ether oxygens (including phenoxy) is 1. The predicted octanol–water partition coefficient (Wildman–Crippen LogP) is 4.82. The molecular weight excluding hydrogens is 303 g/mol. The average Bonchev–Trinajstić information content (AvgIpc) is 2.59. The summed E-state index contributed by atoms with van der Waals surface area (Å²) >= 11 is 0. The van der Waals surface area contributed by atoms with Gasteiger partial charge in [-0.1, -0.05) is 60.7 Å². The highest BCUT2D eigenvalue weighted by atomic mass is 31.2. The third-order valence-corrected chi connectivity index (χ3v) is 7.75. The highest BCUT2D eigenvalue weighted by Gasteiger charge is 2.33. The van der Waals surface area contributed by atoms with Crippen molar-refractivity contribution in [2.24, 2.45) is 0 Å². The van der Waals surface area contributed by atoms with E-state index in [0.29, 0.717) is 0 Å². The van der Waals surface area contributed by atoms with Crippen LogP contribution in [0.3, 0.4) is 0 Å². The standard InChI is InChI=1S/C20H23O2P/c1-17-20(15-9-4-10-16-22-17)23(21,18-11-5-2-6-12-18)19-13-7-3-8-14-19/h2-3,5-8,11-14H,4,9-10,15-16H2,1H3/b20-17+. The van der Waals surface area contributed by atoms with Gasteiger partial charge in [0.05, 0.1) is 6.61 Å². The molecule has 0 aromatic heterocycles. The van der Waals surface area contributed by atoms with Crippen LogP contribution in [0.1, 0.15) is 32.6 Å². The van der Waals surface area contributed by atoms with Gasteiger partial charge in [0.25, 0.3) is 0 Å². The van der Waals surface area contributed by atoms with E-state index >= 15 is 0 Å². The highest BCUT2D eigenvalue weighted by molar-refractivity contribution is 7.82. The van der Waals surface area contributed by atoms with Crippen LogP contribution in [0.15, 0.2) is 71.7 Å².